The molecular weight excluding hydrogens is 290 g/mol. The Bertz CT molecular complexity index is 528. The minimum atomic E-state index is 0.0196. The molecule has 0 unspecified atom stereocenters. The maximum absolute atomic E-state index is 13.0. The van der Waals surface area contributed by atoms with Gasteiger partial charge >= 0.3 is 0 Å². The largest absolute Gasteiger partial charge is 0.378 e. The van der Waals surface area contributed by atoms with E-state index in [4.69, 9.17) is 4.74 Å². The molecule has 0 radical (unpaired) electrons. The van der Waals surface area contributed by atoms with Gasteiger partial charge in [-0.25, -0.2) is 4.98 Å². The van der Waals surface area contributed by atoms with Gasteiger partial charge in [0.2, 0.25) is 0 Å². The first kappa shape index (κ1) is 16.4. The van der Waals surface area contributed by atoms with E-state index < -0.39 is 0 Å². The van der Waals surface area contributed by atoms with Crippen molar-refractivity contribution < 1.29 is 9.53 Å². The predicted octanol–water partition coefficient (Wildman–Crippen LogP) is 3.07. The van der Waals surface area contributed by atoms with E-state index in [9.17, 15) is 4.79 Å². The number of aromatic nitrogens is 2. The molecule has 1 heterocycles. The van der Waals surface area contributed by atoms with Crippen molar-refractivity contribution in [2.45, 2.75) is 64.5 Å². The Morgan fingerprint density at radius 3 is 2.74 bits per heavy atom. The highest BCUT2D eigenvalue weighted by atomic mass is 16.5. The number of carbonyl (C=O) groups is 1. The Labute approximate surface area is 138 Å². The van der Waals surface area contributed by atoms with E-state index in [0.29, 0.717) is 11.8 Å². The van der Waals surface area contributed by atoms with Crippen LogP contribution in [0.5, 0.6) is 0 Å². The SMILES string of the molecule is CCCN(C(=O)c1cnccn1)[C@H]1C[C@H](OCC)C12CCCC2. The topological polar surface area (TPSA) is 55.3 Å². The van der Waals surface area contributed by atoms with Crippen molar-refractivity contribution in [2.24, 2.45) is 5.41 Å². The van der Waals surface area contributed by atoms with Crippen molar-refractivity contribution >= 4 is 5.91 Å². The third kappa shape index (κ3) is 2.87. The van der Waals surface area contributed by atoms with Crippen molar-refractivity contribution in [3.8, 4) is 0 Å². The van der Waals surface area contributed by atoms with Gasteiger partial charge in [-0.05, 0) is 32.6 Å². The second kappa shape index (κ2) is 6.95. The highest BCUT2D eigenvalue weighted by Crippen LogP contribution is 2.56. The second-order valence-corrected chi connectivity index (χ2v) is 6.72. The molecular formula is C18H27N3O2. The summed E-state index contributed by atoms with van der Waals surface area (Å²) in [6.45, 7) is 5.72. The first-order valence-corrected chi connectivity index (χ1v) is 8.91. The first-order valence-electron chi connectivity index (χ1n) is 8.91. The number of amides is 1. The Balaban J connectivity index is 1.82. The fourth-order valence-electron chi connectivity index (χ4n) is 4.48. The zero-order valence-electron chi connectivity index (χ0n) is 14.2. The zero-order chi connectivity index (χ0) is 16.3. The van der Waals surface area contributed by atoms with Gasteiger partial charge in [-0.3, -0.25) is 9.78 Å². The molecule has 0 aliphatic heterocycles. The smallest absolute Gasteiger partial charge is 0.274 e. The summed E-state index contributed by atoms with van der Waals surface area (Å²) in [6.07, 6.45) is 11.9. The summed E-state index contributed by atoms with van der Waals surface area (Å²) in [5, 5.41) is 0. The zero-order valence-corrected chi connectivity index (χ0v) is 14.2. The van der Waals surface area contributed by atoms with Crippen LogP contribution in [0.25, 0.3) is 0 Å². The van der Waals surface area contributed by atoms with Gasteiger partial charge in [-0.15, -0.1) is 0 Å². The molecule has 1 aromatic heterocycles. The Hall–Kier alpha value is -1.49. The minimum absolute atomic E-state index is 0.0196. The van der Waals surface area contributed by atoms with Gasteiger partial charge in [0.05, 0.1) is 12.3 Å². The quantitative estimate of drug-likeness (QED) is 0.809. The van der Waals surface area contributed by atoms with Gasteiger partial charge in [0, 0.05) is 37.0 Å². The molecule has 0 N–H and O–H groups in total. The maximum atomic E-state index is 13.0. The van der Waals surface area contributed by atoms with Crippen LogP contribution in [0.4, 0.5) is 0 Å². The van der Waals surface area contributed by atoms with E-state index in [1.165, 1.54) is 25.7 Å². The summed E-state index contributed by atoms with van der Waals surface area (Å²) in [7, 11) is 0. The molecule has 126 valence electrons. The molecule has 0 bridgehead atoms. The standard InChI is InChI=1S/C18H27N3O2/c1-3-11-21(17(22)14-13-19-9-10-20-14)15-12-16(23-4-2)18(15)7-5-6-8-18/h9-10,13,15-16H,3-8,11-12H2,1-2H3/t15-,16-/m0/s1. The van der Waals surface area contributed by atoms with Crippen LogP contribution >= 0.6 is 0 Å². The number of ether oxygens (including phenoxy) is 1. The molecule has 1 spiro atoms. The average molecular weight is 317 g/mol. The number of hydrogen-bond donors (Lipinski definition) is 0. The van der Waals surface area contributed by atoms with E-state index in [-0.39, 0.29) is 17.4 Å². The first-order chi connectivity index (χ1) is 11.2. The number of rotatable bonds is 6. The molecule has 1 amide bonds. The van der Waals surface area contributed by atoms with Crippen LogP contribution < -0.4 is 0 Å². The Morgan fingerprint density at radius 2 is 2.13 bits per heavy atom. The van der Waals surface area contributed by atoms with Crippen molar-refractivity contribution in [3.63, 3.8) is 0 Å². The van der Waals surface area contributed by atoms with E-state index in [1.54, 1.807) is 18.6 Å². The molecule has 0 aromatic carbocycles. The molecule has 3 rings (SSSR count). The van der Waals surface area contributed by atoms with E-state index in [1.807, 2.05) is 4.90 Å². The lowest BCUT2D eigenvalue weighted by molar-refractivity contribution is -0.156. The van der Waals surface area contributed by atoms with Crippen LogP contribution in [0, 0.1) is 5.41 Å². The second-order valence-electron chi connectivity index (χ2n) is 6.72. The van der Waals surface area contributed by atoms with Gasteiger partial charge in [0.1, 0.15) is 5.69 Å². The summed E-state index contributed by atoms with van der Waals surface area (Å²) in [5.74, 6) is 0.0196. The summed E-state index contributed by atoms with van der Waals surface area (Å²) in [4.78, 5) is 23.3. The monoisotopic (exact) mass is 317 g/mol. The van der Waals surface area contributed by atoms with E-state index in [0.717, 1.165) is 26.0 Å². The summed E-state index contributed by atoms with van der Waals surface area (Å²) < 4.78 is 5.99. The van der Waals surface area contributed by atoms with Crippen molar-refractivity contribution in [1.82, 2.24) is 14.9 Å². The molecule has 5 heteroatoms. The maximum Gasteiger partial charge on any atom is 0.274 e. The highest BCUT2D eigenvalue weighted by Gasteiger charge is 2.59. The lowest BCUT2D eigenvalue weighted by atomic mass is 9.59. The molecule has 2 atom stereocenters. The van der Waals surface area contributed by atoms with Crippen LogP contribution in [-0.2, 0) is 4.74 Å². The van der Waals surface area contributed by atoms with Crippen LogP contribution in [0.2, 0.25) is 0 Å². The van der Waals surface area contributed by atoms with Gasteiger partial charge in [-0.1, -0.05) is 19.8 Å². The molecule has 2 aliphatic carbocycles. The van der Waals surface area contributed by atoms with Crippen LogP contribution in [0.3, 0.4) is 0 Å². The predicted molar refractivity (Wildman–Crippen MR) is 88.1 cm³/mol. The normalized spacial score (nSPS) is 25.3. The molecule has 0 saturated heterocycles. The average Bonchev–Trinajstić information content (AvgIpc) is 3.10. The van der Waals surface area contributed by atoms with Crippen LogP contribution in [0.15, 0.2) is 18.6 Å². The summed E-state index contributed by atoms with van der Waals surface area (Å²) in [6, 6.07) is 0.288. The molecule has 1 aromatic rings. The highest BCUT2D eigenvalue weighted by molar-refractivity contribution is 5.92. The van der Waals surface area contributed by atoms with Gasteiger partial charge in [-0.2, -0.15) is 0 Å². The van der Waals surface area contributed by atoms with Crippen LogP contribution in [0.1, 0.15) is 62.9 Å². The number of nitrogens with zero attached hydrogens (tertiary/aromatic N) is 3. The lowest BCUT2D eigenvalue weighted by Gasteiger charge is -2.57. The summed E-state index contributed by atoms with van der Waals surface area (Å²) in [5.41, 5.74) is 0.622. The molecule has 5 nitrogen and oxygen atoms in total. The van der Waals surface area contributed by atoms with E-state index >= 15 is 0 Å². The minimum Gasteiger partial charge on any atom is -0.378 e. The number of hydrogen-bond acceptors (Lipinski definition) is 4. The summed E-state index contributed by atoms with van der Waals surface area (Å²) >= 11 is 0. The molecule has 2 saturated carbocycles. The third-order valence-corrected chi connectivity index (χ3v) is 5.53. The lowest BCUT2D eigenvalue weighted by Crippen LogP contribution is -2.65. The van der Waals surface area contributed by atoms with Crippen molar-refractivity contribution in [2.75, 3.05) is 13.2 Å². The van der Waals surface area contributed by atoms with Gasteiger partial charge < -0.3 is 9.64 Å². The van der Waals surface area contributed by atoms with Crippen molar-refractivity contribution in [1.29, 1.82) is 0 Å². The Morgan fingerprint density at radius 1 is 1.35 bits per heavy atom. The van der Waals surface area contributed by atoms with Gasteiger partial charge in [0.25, 0.3) is 5.91 Å². The molecule has 23 heavy (non-hydrogen) atoms. The molecule has 2 fully saturated rings. The fourth-order valence-corrected chi connectivity index (χ4v) is 4.48. The molecule has 2 aliphatic rings. The third-order valence-electron chi connectivity index (χ3n) is 5.53. The van der Waals surface area contributed by atoms with Crippen LogP contribution in [-0.4, -0.2) is 46.1 Å². The van der Waals surface area contributed by atoms with Crippen molar-refractivity contribution in [3.05, 3.63) is 24.3 Å². The number of carbonyl (C=O) groups excluding carboxylic acids is 1. The Kier molecular flexibility index (Phi) is 4.95. The fraction of sp³-hybridized carbons (Fsp3) is 0.722. The van der Waals surface area contributed by atoms with E-state index in [2.05, 4.69) is 23.8 Å². The van der Waals surface area contributed by atoms with Gasteiger partial charge in [0.15, 0.2) is 0 Å².